The summed E-state index contributed by atoms with van der Waals surface area (Å²) >= 11 is 5.93. The lowest BCUT2D eigenvalue weighted by atomic mass is 10.00. The molecular weight excluding hydrogens is 250 g/mol. The van der Waals surface area contributed by atoms with Gasteiger partial charge in [0, 0.05) is 30.5 Å². The van der Waals surface area contributed by atoms with Gasteiger partial charge in [-0.2, -0.15) is 0 Å². The SMILES string of the molecule is CC(C)CC(=O)CCC(=O)c1cc(N)ccc1Cl. The molecule has 0 unspecified atom stereocenters. The average molecular weight is 268 g/mol. The second-order valence-corrected chi connectivity index (χ2v) is 5.21. The van der Waals surface area contributed by atoms with Crippen molar-refractivity contribution in [2.45, 2.75) is 33.1 Å². The first kappa shape index (κ1) is 14.7. The van der Waals surface area contributed by atoms with E-state index in [-0.39, 0.29) is 24.4 Å². The van der Waals surface area contributed by atoms with Gasteiger partial charge in [0.05, 0.1) is 5.02 Å². The zero-order valence-corrected chi connectivity index (χ0v) is 11.5. The summed E-state index contributed by atoms with van der Waals surface area (Å²) < 4.78 is 0. The van der Waals surface area contributed by atoms with Crippen molar-refractivity contribution in [3.63, 3.8) is 0 Å². The van der Waals surface area contributed by atoms with Crippen LogP contribution in [-0.2, 0) is 4.79 Å². The molecule has 0 saturated carbocycles. The predicted octanol–water partition coefficient (Wildman–Crippen LogP) is 3.50. The van der Waals surface area contributed by atoms with Crippen LogP contribution < -0.4 is 5.73 Å². The number of carbonyl (C=O) groups is 2. The van der Waals surface area contributed by atoms with Crippen LogP contribution in [-0.4, -0.2) is 11.6 Å². The Morgan fingerprint density at radius 3 is 2.56 bits per heavy atom. The van der Waals surface area contributed by atoms with Crippen molar-refractivity contribution in [2.24, 2.45) is 5.92 Å². The van der Waals surface area contributed by atoms with E-state index in [1.54, 1.807) is 18.2 Å². The lowest BCUT2D eigenvalue weighted by Crippen LogP contribution is -2.07. The normalized spacial score (nSPS) is 10.7. The quantitative estimate of drug-likeness (QED) is 0.634. The molecule has 0 bridgehead atoms. The molecule has 0 atom stereocenters. The molecule has 2 N–H and O–H groups in total. The van der Waals surface area contributed by atoms with Crippen LogP contribution in [0, 0.1) is 5.92 Å². The number of nitrogens with two attached hydrogens (primary N) is 1. The van der Waals surface area contributed by atoms with Gasteiger partial charge in [-0.05, 0) is 24.1 Å². The highest BCUT2D eigenvalue weighted by Crippen LogP contribution is 2.21. The summed E-state index contributed by atoms with van der Waals surface area (Å²) in [5.74, 6) is 0.298. The summed E-state index contributed by atoms with van der Waals surface area (Å²) in [6.45, 7) is 3.96. The number of anilines is 1. The Labute approximate surface area is 112 Å². The Bertz CT molecular complexity index is 455. The molecule has 1 aromatic rings. The minimum Gasteiger partial charge on any atom is -0.399 e. The lowest BCUT2D eigenvalue weighted by Gasteiger charge is -2.06. The van der Waals surface area contributed by atoms with Crippen molar-refractivity contribution >= 4 is 28.9 Å². The van der Waals surface area contributed by atoms with Gasteiger partial charge in [-0.3, -0.25) is 9.59 Å². The third-order valence-corrected chi connectivity index (χ3v) is 2.89. The van der Waals surface area contributed by atoms with E-state index in [0.717, 1.165) is 0 Å². The van der Waals surface area contributed by atoms with Gasteiger partial charge in [0.1, 0.15) is 5.78 Å². The Kier molecular flexibility index (Phi) is 5.35. The van der Waals surface area contributed by atoms with Crippen LogP contribution in [0.5, 0.6) is 0 Å². The molecule has 0 amide bonds. The van der Waals surface area contributed by atoms with Gasteiger partial charge in [-0.25, -0.2) is 0 Å². The number of Topliss-reactive ketones (excluding diaryl/α,β-unsaturated/α-hetero) is 2. The first-order valence-corrected chi connectivity index (χ1v) is 6.38. The Morgan fingerprint density at radius 2 is 1.94 bits per heavy atom. The smallest absolute Gasteiger partial charge is 0.164 e. The van der Waals surface area contributed by atoms with E-state index in [2.05, 4.69) is 0 Å². The number of ketones is 2. The molecule has 98 valence electrons. The molecule has 0 fully saturated rings. The molecule has 0 aliphatic rings. The maximum Gasteiger partial charge on any atom is 0.164 e. The standard InChI is InChI=1S/C14H18ClNO2/c1-9(2)7-11(17)4-6-14(18)12-8-10(16)3-5-13(12)15/h3,5,8-9H,4,6-7,16H2,1-2H3. The molecule has 0 heterocycles. The fraction of sp³-hybridized carbons (Fsp3) is 0.429. The average Bonchev–Trinajstić information content (AvgIpc) is 2.28. The summed E-state index contributed by atoms with van der Waals surface area (Å²) in [4.78, 5) is 23.4. The Balaban J connectivity index is 2.60. The van der Waals surface area contributed by atoms with Gasteiger partial charge in [0.15, 0.2) is 5.78 Å². The Hall–Kier alpha value is -1.35. The van der Waals surface area contributed by atoms with Crippen LogP contribution >= 0.6 is 11.6 Å². The van der Waals surface area contributed by atoms with Crippen LogP contribution in [0.25, 0.3) is 0 Å². The molecule has 4 heteroatoms. The topological polar surface area (TPSA) is 60.2 Å². The van der Waals surface area contributed by atoms with E-state index in [1.807, 2.05) is 13.8 Å². The molecule has 0 spiro atoms. The number of rotatable bonds is 6. The summed E-state index contributed by atoms with van der Waals surface area (Å²) in [6, 6.07) is 4.79. The molecule has 0 aliphatic carbocycles. The van der Waals surface area contributed by atoms with Crippen molar-refractivity contribution in [1.82, 2.24) is 0 Å². The van der Waals surface area contributed by atoms with E-state index >= 15 is 0 Å². The maximum atomic E-state index is 11.9. The maximum absolute atomic E-state index is 11.9. The zero-order chi connectivity index (χ0) is 13.7. The molecule has 1 aromatic carbocycles. The van der Waals surface area contributed by atoms with Crippen molar-refractivity contribution in [3.05, 3.63) is 28.8 Å². The first-order chi connectivity index (χ1) is 8.40. The monoisotopic (exact) mass is 267 g/mol. The van der Waals surface area contributed by atoms with Crippen LogP contribution in [0.1, 0.15) is 43.5 Å². The number of hydrogen-bond acceptors (Lipinski definition) is 3. The first-order valence-electron chi connectivity index (χ1n) is 6.00. The van der Waals surface area contributed by atoms with Gasteiger partial charge in [-0.1, -0.05) is 25.4 Å². The Morgan fingerprint density at radius 1 is 1.28 bits per heavy atom. The lowest BCUT2D eigenvalue weighted by molar-refractivity contribution is -0.119. The van der Waals surface area contributed by atoms with Crippen molar-refractivity contribution in [2.75, 3.05) is 5.73 Å². The van der Waals surface area contributed by atoms with E-state index in [9.17, 15) is 9.59 Å². The highest BCUT2D eigenvalue weighted by atomic mass is 35.5. The van der Waals surface area contributed by atoms with Crippen LogP contribution in [0.2, 0.25) is 5.02 Å². The molecule has 0 radical (unpaired) electrons. The van der Waals surface area contributed by atoms with E-state index in [4.69, 9.17) is 17.3 Å². The predicted molar refractivity (Wildman–Crippen MR) is 73.9 cm³/mol. The molecular formula is C14H18ClNO2. The third-order valence-electron chi connectivity index (χ3n) is 2.56. The number of benzene rings is 1. The fourth-order valence-electron chi connectivity index (χ4n) is 1.70. The van der Waals surface area contributed by atoms with Gasteiger partial charge in [0.2, 0.25) is 0 Å². The zero-order valence-electron chi connectivity index (χ0n) is 10.7. The molecule has 0 saturated heterocycles. The van der Waals surface area contributed by atoms with Gasteiger partial charge in [0.25, 0.3) is 0 Å². The van der Waals surface area contributed by atoms with Crippen molar-refractivity contribution in [1.29, 1.82) is 0 Å². The van der Waals surface area contributed by atoms with Gasteiger partial charge in [-0.15, -0.1) is 0 Å². The van der Waals surface area contributed by atoms with Gasteiger partial charge >= 0.3 is 0 Å². The van der Waals surface area contributed by atoms with E-state index in [1.165, 1.54) is 0 Å². The highest BCUT2D eigenvalue weighted by Gasteiger charge is 2.13. The largest absolute Gasteiger partial charge is 0.399 e. The number of halogens is 1. The van der Waals surface area contributed by atoms with E-state index in [0.29, 0.717) is 28.6 Å². The number of nitrogen functional groups attached to an aromatic ring is 1. The molecule has 0 aromatic heterocycles. The molecule has 3 nitrogen and oxygen atoms in total. The van der Waals surface area contributed by atoms with Crippen LogP contribution in [0.3, 0.4) is 0 Å². The minimum atomic E-state index is -0.135. The van der Waals surface area contributed by atoms with Crippen LogP contribution in [0.15, 0.2) is 18.2 Å². The number of hydrogen-bond donors (Lipinski definition) is 1. The van der Waals surface area contributed by atoms with Crippen molar-refractivity contribution < 1.29 is 9.59 Å². The highest BCUT2D eigenvalue weighted by molar-refractivity contribution is 6.34. The van der Waals surface area contributed by atoms with Crippen LogP contribution in [0.4, 0.5) is 5.69 Å². The second kappa shape index (κ2) is 6.55. The third kappa shape index (κ3) is 4.49. The number of carbonyl (C=O) groups excluding carboxylic acids is 2. The molecule has 1 rings (SSSR count). The van der Waals surface area contributed by atoms with Crippen molar-refractivity contribution in [3.8, 4) is 0 Å². The molecule has 18 heavy (non-hydrogen) atoms. The summed E-state index contributed by atoms with van der Waals surface area (Å²) in [6.07, 6.45) is 0.967. The molecule has 0 aliphatic heterocycles. The minimum absolute atomic E-state index is 0.110. The second-order valence-electron chi connectivity index (χ2n) is 4.80. The summed E-state index contributed by atoms with van der Waals surface area (Å²) in [5.41, 5.74) is 6.50. The summed E-state index contributed by atoms with van der Waals surface area (Å²) in [5, 5.41) is 0.380. The van der Waals surface area contributed by atoms with E-state index < -0.39 is 0 Å². The fourth-order valence-corrected chi connectivity index (χ4v) is 1.92. The van der Waals surface area contributed by atoms with Gasteiger partial charge < -0.3 is 5.73 Å². The summed E-state index contributed by atoms with van der Waals surface area (Å²) in [7, 11) is 0.